The van der Waals surface area contributed by atoms with Crippen molar-refractivity contribution in [2.24, 2.45) is 5.92 Å². The van der Waals surface area contributed by atoms with Crippen molar-refractivity contribution >= 4 is 11.6 Å². The summed E-state index contributed by atoms with van der Waals surface area (Å²) in [5.41, 5.74) is 2.87. The van der Waals surface area contributed by atoms with Crippen LogP contribution in [0.25, 0.3) is 0 Å². The second-order valence-corrected chi connectivity index (χ2v) is 7.59. The van der Waals surface area contributed by atoms with E-state index in [1.165, 1.54) is 36.9 Å². The van der Waals surface area contributed by atoms with E-state index < -0.39 is 0 Å². The predicted molar refractivity (Wildman–Crippen MR) is 97.3 cm³/mol. The fourth-order valence-corrected chi connectivity index (χ4v) is 4.68. The Kier molecular flexibility index (Phi) is 4.74. The SMILES string of the molecule is O=C(NCCCN1CCCc2ccccc21)C1CC2CCN1CC2. The minimum absolute atomic E-state index is 0.146. The molecule has 0 saturated carbocycles. The van der Waals surface area contributed by atoms with E-state index >= 15 is 0 Å². The molecule has 4 nitrogen and oxygen atoms in total. The molecule has 1 N–H and O–H groups in total. The molecule has 0 aromatic heterocycles. The summed E-state index contributed by atoms with van der Waals surface area (Å²) in [5, 5.41) is 3.19. The molecule has 0 spiro atoms. The Hall–Kier alpha value is -1.55. The zero-order valence-electron chi connectivity index (χ0n) is 14.5. The molecule has 3 saturated heterocycles. The van der Waals surface area contributed by atoms with Crippen LogP contribution in [0.1, 0.15) is 37.7 Å². The number of rotatable bonds is 5. The second kappa shape index (κ2) is 7.14. The van der Waals surface area contributed by atoms with E-state index in [0.717, 1.165) is 51.5 Å². The summed E-state index contributed by atoms with van der Waals surface area (Å²) in [4.78, 5) is 17.3. The summed E-state index contributed by atoms with van der Waals surface area (Å²) in [6.07, 6.45) is 7.11. The van der Waals surface area contributed by atoms with Crippen molar-refractivity contribution in [3.63, 3.8) is 0 Å². The van der Waals surface area contributed by atoms with E-state index in [1.807, 2.05) is 0 Å². The van der Waals surface area contributed by atoms with Crippen molar-refractivity contribution < 1.29 is 4.79 Å². The highest BCUT2D eigenvalue weighted by Crippen LogP contribution is 2.31. The number of aryl methyl sites for hydroxylation is 1. The van der Waals surface area contributed by atoms with Gasteiger partial charge in [0.1, 0.15) is 0 Å². The molecule has 1 aromatic rings. The fourth-order valence-electron chi connectivity index (χ4n) is 4.68. The van der Waals surface area contributed by atoms with Crippen LogP contribution in [0.2, 0.25) is 0 Å². The van der Waals surface area contributed by atoms with Gasteiger partial charge in [0.15, 0.2) is 0 Å². The molecular weight excluding hydrogens is 298 g/mol. The first-order valence-corrected chi connectivity index (χ1v) is 9.66. The van der Waals surface area contributed by atoms with Gasteiger partial charge in [0.05, 0.1) is 6.04 Å². The van der Waals surface area contributed by atoms with Crippen LogP contribution in [-0.4, -0.2) is 49.6 Å². The van der Waals surface area contributed by atoms with Crippen molar-refractivity contribution in [2.45, 2.75) is 44.6 Å². The maximum atomic E-state index is 12.5. The number of amides is 1. The van der Waals surface area contributed by atoms with Crippen LogP contribution < -0.4 is 10.2 Å². The zero-order chi connectivity index (χ0) is 16.4. The highest BCUT2D eigenvalue weighted by Gasteiger charge is 2.37. The van der Waals surface area contributed by atoms with E-state index in [0.29, 0.717) is 0 Å². The first-order valence-electron chi connectivity index (χ1n) is 9.66. The lowest BCUT2D eigenvalue weighted by Crippen LogP contribution is -2.55. The third-order valence-corrected chi connectivity index (χ3v) is 6.06. The Labute approximate surface area is 145 Å². The largest absolute Gasteiger partial charge is 0.371 e. The summed E-state index contributed by atoms with van der Waals surface area (Å²) < 4.78 is 0. The number of fused-ring (bicyclic) bond motifs is 4. The lowest BCUT2D eigenvalue weighted by atomic mass is 9.83. The van der Waals surface area contributed by atoms with E-state index in [4.69, 9.17) is 0 Å². The van der Waals surface area contributed by atoms with Crippen LogP contribution in [0.3, 0.4) is 0 Å². The molecular formula is C20H29N3O. The number of nitrogens with one attached hydrogen (secondary N) is 1. The molecule has 130 valence electrons. The molecule has 4 heteroatoms. The van der Waals surface area contributed by atoms with Gasteiger partial charge in [-0.2, -0.15) is 0 Å². The summed E-state index contributed by atoms with van der Waals surface area (Å²) >= 11 is 0. The minimum Gasteiger partial charge on any atom is -0.371 e. The van der Waals surface area contributed by atoms with E-state index in [-0.39, 0.29) is 11.9 Å². The molecule has 0 radical (unpaired) electrons. The number of nitrogens with zero attached hydrogens (tertiary/aromatic N) is 2. The number of benzene rings is 1. The average molecular weight is 327 g/mol. The molecule has 2 bridgehead atoms. The number of para-hydroxylation sites is 1. The van der Waals surface area contributed by atoms with E-state index in [2.05, 4.69) is 39.4 Å². The average Bonchev–Trinajstić information content (AvgIpc) is 2.66. The molecule has 1 amide bonds. The van der Waals surface area contributed by atoms with Gasteiger partial charge < -0.3 is 10.2 Å². The molecule has 1 unspecified atom stereocenters. The van der Waals surface area contributed by atoms with Gasteiger partial charge >= 0.3 is 0 Å². The zero-order valence-corrected chi connectivity index (χ0v) is 14.5. The molecule has 4 heterocycles. The molecule has 1 aromatic carbocycles. The van der Waals surface area contributed by atoms with Gasteiger partial charge in [0, 0.05) is 25.3 Å². The van der Waals surface area contributed by atoms with Crippen molar-refractivity contribution in [1.29, 1.82) is 0 Å². The van der Waals surface area contributed by atoms with Gasteiger partial charge in [0.2, 0.25) is 5.91 Å². The van der Waals surface area contributed by atoms with E-state index in [1.54, 1.807) is 0 Å². The predicted octanol–water partition coefficient (Wildman–Crippen LogP) is 2.43. The molecule has 1 atom stereocenters. The van der Waals surface area contributed by atoms with Crippen LogP contribution in [0.5, 0.6) is 0 Å². The van der Waals surface area contributed by atoms with Crippen LogP contribution in [0.4, 0.5) is 5.69 Å². The lowest BCUT2D eigenvalue weighted by Gasteiger charge is -2.44. The first-order chi connectivity index (χ1) is 11.8. The molecule has 24 heavy (non-hydrogen) atoms. The van der Waals surface area contributed by atoms with Gasteiger partial charge in [-0.05, 0) is 69.2 Å². The van der Waals surface area contributed by atoms with Gasteiger partial charge in [0.25, 0.3) is 0 Å². The fraction of sp³-hybridized carbons (Fsp3) is 0.650. The smallest absolute Gasteiger partial charge is 0.237 e. The summed E-state index contributed by atoms with van der Waals surface area (Å²) in [7, 11) is 0. The number of carbonyl (C=O) groups is 1. The molecule has 4 aliphatic heterocycles. The Balaban J connectivity index is 1.23. The number of carbonyl (C=O) groups excluding carboxylic acids is 1. The van der Waals surface area contributed by atoms with Gasteiger partial charge in [-0.25, -0.2) is 0 Å². The van der Waals surface area contributed by atoms with Crippen LogP contribution >= 0.6 is 0 Å². The highest BCUT2D eigenvalue weighted by atomic mass is 16.2. The number of hydrogen-bond donors (Lipinski definition) is 1. The Morgan fingerprint density at radius 3 is 2.79 bits per heavy atom. The Morgan fingerprint density at radius 2 is 2.00 bits per heavy atom. The molecule has 4 aliphatic rings. The Morgan fingerprint density at radius 1 is 1.17 bits per heavy atom. The number of piperidine rings is 3. The highest BCUT2D eigenvalue weighted by molar-refractivity contribution is 5.82. The van der Waals surface area contributed by atoms with Crippen molar-refractivity contribution in [3.05, 3.63) is 29.8 Å². The minimum atomic E-state index is 0.146. The van der Waals surface area contributed by atoms with E-state index in [9.17, 15) is 4.79 Å². The first kappa shape index (κ1) is 15.9. The van der Waals surface area contributed by atoms with Gasteiger partial charge in [-0.1, -0.05) is 18.2 Å². The maximum Gasteiger partial charge on any atom is 0.237 e. The topological polar surface area (TPSA) is 35.6 Å². The molecule has 5 rings (SSSR count). The van der Waals surface area contributed by atoms with Crippen LogP contribution in [0, 0.1) is 5.92 Å². The molecule has 0 aliphatic carbocycles. The van der Waals surface area contributed by atoms with Gasteiger partial charge in [-0.15, -0.1) is 0 Å². The maximum absolute atomic E-state index is 12.5. The van der Waals surface area contributed by atoms with Crippen molar-refractivity contribution in [3.8, 4) is 0 Å². The number of hydrogen-bond acceptors (Lipinski definition) is 3. The van der Waals surface area contributed by atoms with Crippen molar-refractivity contribution in [1.82, 2.24) is 10.2 Å². The summed E-state index contributed by atoms with van der Waals surface area (Å²) in [5.74, 6) is 1.05. The number of anilines is 1. The summed E-state index contributed by atoms with van der Waals surface area (Å²) in [6, 6.07) is 8.89. The van der Waals surface area contributed by atoms with Crippen molar-refractivity contribution in [2.75, 3.05) is 37.6 Å². The lowest BCUT2D eigenvalue weighted by molar-refractivity contribution is -0.130. The Bertz CT molecular complexity index is 580. The van der Waals surface area contributed by atoms with Gasteiger partial charge in [-0.3, -0.25) is 9.69 Å². The standard InChI is InChI=1S/C20H29N3O/c24-20(19-15-16-8-13-23(19)14-9-16)21-10-4-12-22-11-3-6-17-5-1-2-7-18(17)22/h1-2,5,7,16,19H,3-4,6,8-15H2,(H,21,24). The monoisotopic (exact) mass is 327 g/mol. The van der Waals surface area contributed by atoms with Crippen LogP contribution in [-0.2, 0) is 11.2 Å². The summed E-state index contributed by atoms with van der Waals surface area (Å²) in [6.45, 7) is 5.21. The van der Waals surface area contributed by atoms with Crippen LogP contribution in [0.15, 0.2) is 24.3 Å². The molecule has 3 fully saturated rings. The quantitative estimate of drug-likeness (QED) is 0.844. The third-order valence-electron chi connectivity index (χ3n) is 6.06. The second-order valence-electron chi connectivity index (χ2n) is 7.59. The third kappa shape index (κ3) is 3.30. The normalized spacial score (nSPS) is 28.5.